The van der Waals surface area contributed by atoms with Gasteiger partial charge in [-0.1, -0.05) is 0 Å². The molecule has 0 bridgehead atoms. The first-order valence-electron chi connectivity index (χ1n) is 4.25. The molecule has 0 aromatic heterocycles. The fraction of sp³-hybridized carbons (Fsp3) is 1.00. The van der Waals surface area contributed by atoms with E-state index >= 15 is 0 Å². The monoisotopic (exact) mass is 231 g/mol. The van der Waals surface area contributed by atoms with Gasteiger partial charge in [0.25, 0.3) is 0 Å². The Labute approximate surface area is 90.0 Å². The highest BCUT2D eigenvalue weighted by Crippen LogP contribution is 1.97. The minimum atomic E-state index is 0.685. The quantitative estimate of drug-likeness (QED) is 0.582. The number of rotatable bonds is 8. The van der Waals surface area contributed by atoms with Gasteiger partial charge in [-0.25, -0.2) is 0 Å². The summed E-state index contributed by atoms with van der Waals surface area (Å²) in [7, 11) is 0. The van der Waals surface area contributed by atoms with Crippen molar-refractivity contribution < 1.29 is 0 Å². The molecule has 0 saturated carbocycles. The molecule has 74 valence electrons. The third kappa shape index (κ3) is 7.48. The Kier molecular flexibility index (Phi) is 10.6. The first-order valence-corrected chi connectivity index (χ1v) is 5.85. The van der Waals surface area contributed by atoms with E-state index in [1.165, 1.54) is 0 Å². The van der Waals surface area contributed by atoms with Gasteiger partial charge in [-0.15, -0.1) is 34.8 Å². The molecule has 0 aromatic carbocycles. The summed E-state index contributed by atoms with van der Waals surface area (Å²) in [6.07, 6.45) is 2.06. The van der Waals surface area contributed by atoms with Crippen LogP contribution in [0.5, 0.6) is 0 Å². The summed E-state index contributed by atoms with van der Waals surface area (Å²) in [4.78, 5) is 2.30. The lowest BCUT2D eigenvalue weighted by Gasteiger charge is -2.19. The summed E-state index contributed by atoms with van der Waals surface area (Å²) >= 11 is 16.8. The Morgan fingerprint density at radius 2 is 1.17 bits per heavy atom. The fourth-order valence-electron chi connectivity index (χ4n) is 1.02. The topological polar surface area (TPSA) is 3.24 Å². The standard InChI is InChI=1S/C8H16Cl3N/c9-3-1-6-12(8-5-11)7-2-4-10/h1-8H2. The highest BCUT2D eigenvalue weighted by Gasteiger charge is 2.02. The van der Waals surface area contributed by atoms with E-state index in [2.05, 4.69) is 4.90 Å². The van der Waals surface area contributed by atoms with Crippen molar-refractivity contribution in [3.8, 4) is 0 Å². The fourth-order valence-corrected chi connectivity index (χ4v) is 1.50. The van der Waals surface area contributed by atoms with Gasteiger partial charge in [-0.3, -0.25) is 0 Å². The maximum Gasteiger partial charge on any atom is 0.0351 e. The first-order chi connectivity index (χ1) is 5.85. The molecule has 0 unspecified atom stereocenters. The van der Waals surface area contributed by atoms with Crippen molar-refractivity contribution >= 4 is 34.8 Å². The Morgan fingerprint density at radius 1 is 0.667 bits per heavy atom. The lowest BCUT2D eigenvalue weighted by Crippen LogP contribution is -2.28. The number of halogens is 3. The van der Waals surface area contributed by atoms with Gasteiger partial charge in [-0.05, 0) is 25.9 Å². The molecule has 1 nitrogen and oxygen atoms in total. The Bertz CT molecular complexity index is 82.4. The van der Waals surface area contributed by atoms with Crippen LogP contribution >= 0.6 is 34.8 Å². The van der Waals surface area contributed by atoms with Crippen LogP contribution < -0.4 is 0 Å². The predicted octanol–water partition coefficient (Wildman–Crippen LogP) is 2.79. The molecule has 0 aliphatic rings. The molecule has 0 aromatic rings. The maximum atomic E-state index is 5.65. The van der Waals surface area contributed by atoms with Crippen LogP contribution in [0.1, 0.15) is 12.8 Å². The van der Waals surface area contributed by atoms with Crippen molar-refractivity contribution in [2.24, 2.45) is 0 Å². The van der Waals surface area contributed by atoms with Crippen LogP contribution in [0.2, 0.25) is 0 Å². The lowest BCUT2D eigenvalue weighted by atomic mass is 10.3. The van der Waals surface area contributed by atoms with Gasteiger partial charge in [0, 0.05) is 24.2 Å². The van der Waals surface area contributed by atoms with Gasteiger partial charge in [0.15, 0.2) is 0 Å². The second-order valence-corrected chi connectivity index (χ2v) is 3.75. The SMILES string of the molecule is ClCCCN(CCCl)CCCCl. The highest BCUT2D eigenvalue weighted by atomic mass is 35.5. The average Bonchev–Trinajstić information content (AvgIpc) is 2.10. The van der Waals surface area contributed by atoms with Gasteiger partial charge < -0.3 is 4.90 Å². The number of hydrogen-bond donors (Lipinski definition) is 0. The molecular formula is C8H16Cl3N. The molecule has 0 aliphatic heterocycles. The van der Waals surface area contributed by atoms with E-state index in [9.17, 15) is 0 Å². The molecule has 12 heavy (non-hydrogen) atoms. The Morgan fingerprint density at radius 3 is 1.50 bits per heavy atom. The molecule has 0 radical (unpaired) electrons. The van der Waals surface area contributed by atoms with Crippen molar-refractivity contribution in [3.05, 3.63) is 0 Å². The van der Waals surface area contributed by atoms with Crippen LogP contribution in [0, 0.1) is 0 Å². The third-order valence-corrected chi connectivity index (χ3v) is 2.32. The van der Waals surface area contributed by atoms with Crippen LogP contribution in [0.25, 0.3) is 0 Å². The van der Waals surface area contributed by atoms with Crippen LogP contribution in [-0.4, -0.2) is 42.2 Å². The molecule has 0 N–H and O–H groups in total. The maximum absolute atomic E-state index is 5.65. The van der Waals surface area contributed by atoms with Crippen LogP contribution in [0.4, 0.5) is 0 Å². The second kappa shape index (κ2) is 9.91. The lowest BCUT2D eigenvalue weighted by molar-refractivity contribution is 0.292. The second-order valence-electron chi connectivity index (χ2n) is 2.62. The first kappa shape index (κ1) is 12.8. The number of nitrogens with zero attached hydrogens (tertiary/aromatic N) is 1. The van der Waals surface area contributed by atoms with Crippen molar-refractivity contribution in [1.82, 2.24) is 4.90 Å². The van der Waals surface area contributed by atoms with Crippen molar-refractivity contribution in [2.75, 3.05) is 37.3 Å². The van der Waals surface area contributed by atoms with E-state index in [0.29, 0.717) is 5.88 Å². The van der Waals surface area contributed by atoms with Gasteiger partial charge in [0.05, 0.1) is 0 Å². The molecule has 0 atom stereocenters. The molecule has 0 saturated heterocycles. The molecule has 0 fully saturated rings. The van der Waals surface area contributed by atoms with Gasteiger partial charge in [0.1, 0.15) is 0 Å². The van der Waals surface area contributed by atoms with Crippen molar-refractivity contribution in [2.45, 2.75) is 12.8 Å². The Hall–Kier alpha value is 0.830. The summed E-state index contributed by atoms with van der Waals surface area (Å²) in [5.74, 6) is 2.13. The average molecular weight is 233 g/mol. The van der Waals surface area contributed by atoms with Crippen molar-refractivity contribution in [3.63, 3.8) is 0 Å². The van der Waals surface area contributed by atoms with Gasteiger partial charge in [0.2, 0.25) is 0 Å². The molecule has 0 heterocycles. The summed E-state index contributed by atoms with van der Waals surface area (Å²) in [6, 6.07) is 0. The van der Waals surface area contributed by atoms with Gasteiger partial charge in [-0.2, -0.15) is 0 Å². The highest BCUT2D eigenvalue weighted by molar-refractivity contribution is 6.18. The molecule has 4 heteroatoms. The normalized spacial score (nSPS) is 11.0. The largest absolute Gasteiger partial charge is 0.302 e. The van der Waals surface area contributed by atoms with Gasteiger partial charge >= 0.3 is 0 Å². The molecule has 0 spiro atoms. The predicted molar refractivity (Wildman–Crippen MR) is 57.8 cm³/mol. The zero-order valence-electron chi connectivity index (χ0n) is 7.24. The van der Waals surface area contributed by atoms with E-state index in [1.54, 1.807) is 0 Å². The summed E-state index contributed by atoms with van der Waals surface area (Å²) in [5, 5.41) is 0. The Balaban J connectivity index is 3.40. The van der Waals surface area contributed by atoms with E-state index in [4.69, 9.17) is 34.8 Å². The zero-order valence-corrected chi connectivity index (χ0v) is 9.51. The summed E-state index contributed by atoms with van der Waals surface area (Å²) in [6.45, 7) is 3.01. The molecule has 0 aliphatic carbocycles. The molecule has 0 amide bonds. The minimum Gasteiger partial charge on any atom is -0.302 e. The van der Waals surface area contributed by atoms with Crippen LogP contribution in [0.3, 0.4) is 0 Å². The summed E-state index contributed by atoms with van der Waals surface area (Å²) < 4.78 is 0. The van der Waals surface area contributed by atoms with Crippen LogP contribution in [0.15, 0.2) is 0 Å². The summed E-state index contributed by atoms with van der Waals surface area (Å²) in [5.41, 5.74) is 0. The molecular weight excluding hydrogens is 216 g/mol. The number of hydrogen-bond acceptors (Lipinski definition) is 1. The zero-order chi connectivity index (χ0) is 9.23. The van der Waals surface area contributed by atoms with E-state index in [1.807, 2.05) is 0 Å². The van der Waals surface area contributed by atoms with Crippen LogP contribution in [-0.2, 0) is 0 Å². The van der Waals surface area contributed by atoms with E-state index in [-0.39, 0.29) is 0 Å². The van der Waals surface area contributed by atoms with E-state index in [0.717, 1.165) is 44.2 Å². The number of alkyl halides is 3. The third-order valence-electron chi connectivity index (χ3n) is 1.62. The van der Waals surface area contributed by atoms with E-state index < -0.39 is 0 Å². The molecule has 0 rings (SSSR count). The van der Waals surface area contributed by atoms with Crippen molar-refractivity contribution in [1.29, 1.82) is 0 Å². The smallest absolute Gasteiger partial charge is 0.0351 e. The minimum absolute atomic E-state index is 0.685.